The van der Waals surface area contributed by atoms with E-state index < -0.39 is 0 Å². The van der Waals surface area contributed by atoms with Gasteiger partial charge in [-0.3, -0.25) is 9.59 Å². The molecule has 1 amide bonds. The Morgan fingerprint density at radius 1 is 1.26 bits per heavy atom. The van der Waals surface area contributed by atoms with Gasteiger partial charge in [-0.1, -0.05) is 14.4 Å². The lowest BCUT2D eigenvalue weighted by molar-refractivity contribution is -0.0980. The molecule has 1 fully saturated rings. The van der Waals surface area contributed by atoms with Crippen LogP contribution in [0.15, 0.2) is 23.3 Å². The molecule has 1 heterocycles. The van der Waals surface area contributed by atoms with E-state index in [9.17, 15) is 9.59 Å². The monoisotopic (exact) mass is 487 g/mol. The molecule has 0 bridgehead atoms. The van der Waals surface area contributed by atoms with Gasteiger partial charge in [-0.05, 0) is 81.3 Å². The van der Waals surface area contributed by atoms with E-state index in [0.29, 0.717) is 12.0 Å². The topological polar surface area (TPSA) is 181 Å². The van der Waals surface area contributed by atoms with Crippen LogP contribution in [0.4, 0.5) is 0 Å². The van der Waals surface area contributed by atoms with Crippen molar-refractivity contribution in [2.24, 2.45) is 22.4 Å². The van der Waals surface area contributed by atoms with Crippen molar-refractivity contribution in [2.75, 3.05) is 13.6 Å². The Balaban J connectivity index is 0.000000685. The molecule has 4 rings (SSSR count). The van der Waals surface area contributed by atoms with Crippen LogP contribution >= 0.6 is 0 Å². The highest BCUT2D eigenvalue weighted by Gasteiger charge is 2.48. The maximum atomic E-state index is 12.8. The van der Waals surface area contributed by atoms with Crippen LogP contribution in [0.25, 0.3) is 10.9 Å². The molecule has 0 radical (unpaired) electrons. The first-order valence-electron chi connectivity index (χ1n) is 11.6. The summed E-state index contributed by atoms with van der Waals surface area (Å²) in [5, 5.41) is 10.2. The number of aromatic nitrogens is 1. The molecule has 1 atom stereocenters. The molecule has 35 heavy (non-hydrogen) atoms. The molecule has 1 saturated carbocycles. The molecule has 10 nitrogen and oxygen atoms in total. The number of nitrogens with zero attached hydrogens (tertiary/aromatic N) is 1. The summed E-state index contributed by atoms with van der Waals surface area (Å²) in [4.78, 5) is 36.7. The van der Waals surface area contributed by atoms with Gasteiger partial charge in [0.15, 0.2) is 5.78 Å². The number of ketones is 1. The first kappa shape index (κ1) is 29.6. The van der Waals surface area contributed by atoms with Crippen molar-refractivity contribution in [1.29, 1.82) is 0 Å². The Kier molecular flexibility index (Phi) is 11.4. The minimum Gasteiger partial charge on any atom is -0.369 e. The molecule has 2 aromatic rings. The fourth-order valence-electron chi connectivity index (χ4n) is 4.55. The van der Waals surface area contributed by atoms with E-state index in [1.807, 2.05) is 32.0 Å². The molecule has 1 unspecified atom stereocenters. The van der Waals surface area contributed by atoms with Gasteiger partial charge >= 0.3 is 0 Å². The standard InChI is InChI=1S/C22H29N3O2.CH6N4.CH2O.CH4/c1-3-15(8-12-23-2)24-21(27)14-6-7-17-16(13-14)19-20(25-17)18(26)5-4-9-22(19)10-11-22;2-1(3)5-4;1-2;/h6-7,13,15,23,25H,3-5,8-12H2,1-2H3,(H,24,27);4H2,(H4,2,3,5);1H2;1H4. The minimum atomic E-state index is -0.0926. The Hall–Kier alpha value is -3.40. The Morgan fingerprint density at radius 2 is 1.91 bits per heavy atom. The molecule has 10 heteroatoms. The highest BCUT2D eigenvalue weighted by Crippen LogP contribution is 2.56. The third-order valence-electron chi connectivity index (χ3n) is 6.50. The molecule has 194 valence electrons. The van der Waals surface area contributed by atoms with Gasteiger partial charge in [0.25, 0.3) is 5.91 Å². The van der Waals surface area contributed by atoms with Gasteiger partial charge in [-0.15, -0.1) is 5.10 Å². The zero-order valence-electron chi connectivity index (χ0n) is 20.1. The number of H-pyrrole nitrogens is 1. The van der Waals surface area contributed by atoms with E-state index >= 15 is 0 Å². The number of aromatic amines is 1. The second kappa shape index (κ2) is 13.5. The van der Waals surface area contributed by atoms with Gasteiger partial charge < -0.3 is 37.7 Å². The smallest absolute Gasteiger partial charge is 0.251 e. The lowest BCUT2D eigenvalue weighted by Crippen LogP contribution is -2.36. The predicted molar refractivity (Wildman–Crippen MR) is 141 cm³/mol. The van der Waals surface area contributed by atoms with Crippen molar-refractivity contribution in [1.82, 2.24) is 15.6 Å². The Morgan fingerprint density at radius 3 is 2.46 bits per heavy atom. The molecule has 2 aliphatic carbocycles. The largest absolute Gasteiger partial charge is 0.369 e. The fourth-order valence-corrected chi connectivity index (χ4v) is 4.55. The number of benzene rings is 1. The predicted octanol–water partition coefficient (Wildman–Crippen LogP) is 2.27. The number of nitrogens with two attached hydrogens (primary N) is 3. The molecule has 1 aromatic heterocycles. The van der Waals surface area contributed by atoms with Crippen LogP contribution in [-0.2, 0) is 10.2 Å². The van der Waals surface area contributed by atoms with E-state index in [0.717, 1.165) is 61.7 Å². The quantitative estimate of drug-likeness (QED) is 0.156. The summed E-state index contributed by atoms with van der Waals surface area (Å²) in [7, 11) is 1.93. The van der Waals surface area contributed by atoms with Gasteiger partial charge in [-0.2, -0.15) is 0 Å². The van der Waals surface area contributed by atoms with Gasteiger partial charge in [0, 0.05) is 28.9 Å². The fraction of sp³-hybridized carbons (Fsp3) is 0.520. The third-order valence-corrected chi connectivity index (χ3v) is 6.50. The number of amides is 1. The lowest BCUT2D eigenvalue weighted by Gasteiger charge is -2.17. The summed E-state index contributed by atoms with van der Waals surface area (Å²) in [5.41, 5.74) is 13.2. The van der Waals surface area contributed by atoms with Gasteiger partial charge in [0.1, 0.15) is 6.79 Å². The van der Waals surface area contributed by atoms with Gasteiger partial charge in [0.05, 0.1) is 5.69 Å². The van der Waals surface area contributed by atoms with Crippen molar-refractivity contribution in [3.63, 3.8) is 0 Å². The normalized spacial score (nSPS) is 15.7. The number of hydrogen-bond donors (Lipinski definition) is 6. The molecule has 2 aliphatic rings. The maximum absolute atomic E-state index is 12.8. The van der Waals surface area contributed by atoms with Crippen LogP contribution in [0, 0.1) is 0 Å². The number of guanidine groups is 1. The van der Waals surface area contributed by atoms with E-state index in [-0.39, 0.29) is 36.5 Å². The summed E-state index contributed by atoms with van der Waals surface area (Å²) in [5.74, 6) is 4.61. The van der Waals surface area contributed by atoms with Crippen molar-refractivity contribution >= 4 is 35.3 Å². The highest BCUT2D eigenvalue weighted by molar-refractivity contribution is 6.06. The molecular weight excluding hydrogens is 446 g/mol. The number of fused-ring (bicyclic) bond motifs is 4. The average Bonchev–Trinajstić information content (AvgIpc) is 3.55. The van der Waals surface area contributed by atoms with E-state index in [4.69, 9.17) is 16.3 Å². The average molecular weight is 488 g/mol. The SMILES string of the molecule is C.C=O.CCC(CCNC)NC(=O)c1ccc2[nH]c3c(c2c1)C1(CCCC3=O)CC1.NN=C(N)N. The zero-order valence-corrected chi connectivity index (χ0v) is 20.1. The second-order valence-electron chi connectivity index (χ2n) is 8.72. The number of Topliss-reactive ketones (excluding diaryl/α,β-unsaturated/α-hetero) is 1. The summed E-state index contributed by atoms with van der Waals surface area (Å²) < 4.78 is 0. The van der Waals surface area contributed by atoms with Crippen molar-refractivity contribution in [3.05, 3.63) is 35.0 Å². The van der Waals surface area contributed by atoms with E-state index in [2.05, 4.69) is 33.5 Å². The Bertz CT molecular complexity index is 1020. The maximum Gasteiger partial charge on any atom is 0.251 e. The van der Waals surface area contributed by atoms with Crippen LogP contribution in [0.1, 0.15) is 85.7 Å². The number of rotatable bonds is 6. The van der Waals surface area contributed by atoms with Crippen LogP contribution in [0.2, 0.25) is 0 Å². The first-order chi connectivity index (χ1) is 16.3. The number of carbonyl (C=O) groups excluding carboxylic acids is 3. The Labute approximate surface area is 207 Å². The van der Waals surface area contributed by atoms with Crippen LogP contribution in [-0.4, -0.2) is 49.1 Å². The van der Waals surface area contributed by atoms with E-state index in [1.165, 1.54) is 5.56 Å². The van der Waals surface area contributed by atoms with Crippen LogP contribution in [0.3, 0.4) is 0 Å². The molecule has 0 saturated heterocycles. The molecule has 1 spiro atoms. The summed E-state index contributed by atoms with van der Waals surface area (Å²) in [6.07, 6.45) is 6.80. The number of nitrogens with one attached hydrogen (secondary N) is 3. The highest BCUT2D eigenvalue weighted by atomic mass is 16.1. The second-order valence-corrected chi connectivity index (χ2v) is 8.72. The van der Waals surface area contributed by atoms with Gasteiger partial charge in [-0.25, -0.2) is 0 Å². The third kappa shape index (κ3) is 7.05. The van der Waals surface area contributed by atoms with Gasteiger partial charge in [0.2, 0.25) is 5.96 Å². The minimum absolute atomic E-state index is 0. The molecule has 9 N–H and O–H groups in total. The van der Waals surface area contributed by atoms with Crippen molar-refractivity contribution in [3.8, 4) is 0 Å². The zero-order chi connectivity index (χ0) is 25.3. The van der Waals surface area contributed by atoms with E-state index in [1.54, 1.807) is 0 Å². The number of carbonyl (C=O) groups is 3. The summed E-state index contributed by atoms with van der Waals surface area (Å²) >= 11 is 0. The molecule has 1 aromatic carbocycles. The van der Waals surface area contributed by atoms with Crippen LogP contribution in [0.5, 0.6) is 0 Å². The summed E-state index contributed by atoms with van der Waals surface area (Å²) in [6, 6.07) is 5.98. The number of hydrazone groups is 1. The van der Waals surface area contributed by atoms with Crippen molar-refractivity contribution in [2.45, 2.75) is 70.8 Å². The lowest BCUT2D eigenvalue weighted by atomic mass is 9.90. The van der Waals surface area contributed by atoms with Crippen molar-refractivity contribution < 1.29 is 14.4 Å². The first-order valence-corrected chi connectivity index (χ1v) is 11.6. The molecular formula is C25H41N7O3. The van der Waals surface area contributed by atoms with Crippen LogP contribution < -0.4 is 27.9 Å². The molecule has 0 aliphatic heterocycles. The summed E-state index contributed by atoms with van der Waals surface area (Å²) in [6.45, 7) is 4.98. The number of hydrogen-bond acceptors (Lipinski definition) is 6.